The highest BCUT2D eigenvalue weighted by Crippen LogP contribution is 2.66. The molecule has 0 spiro atoms. The summed E-state index contributed by atoms with van der Waals surface area (Å²) in [6, 6.07) is 0. The molecule has 5 nitrogen and oxygen atoms in total. The second-order valence-corrected chi connectivity index (χ2v) is 6.38. The Kier molecular flexibility index (Phi) is 3.49. The fraction of sp³-hybridized carbons (Fsp3) is 0.857. The monoisotopic (exact) mass is 270 g/mol. The quantitative estimate of drug-likeness (QED) is 0.446. The zero-order valence-electron chi connectivity index (χ0n) is 12.0. The Labute approximate surface area is 113 Å². The number of ether oxygens (including phenoxy) is 3. The maximum absolute atomic E-state index is 11.7. The number of hydrogen-bond donors (Lipinski definition) is 0. The lowest BCUT2D eigenvalue weighted by molar-refractivity contribution is -0.155. The predicted molar refractivity (Wildman–Crippen MR) is 67.2 cm³/mol. The molecule has 4 atom stereocenters. The van der Waals surface area contributed by atoms with Gasteiger partial charge in [0.2, 0.25) is 6.29 Å². The smallest absolute Gasteiger partial charge is 0.430 e. The van der Waals surface area contributed by atoms with Crippen LogP contribution in [0.4, 0.5) is 4.79 Å². The summed E-state index contributed by atoms with van der Waals surface area (Å²) in [6.45, 7) is 8.40. The van der Waals surface area contributed by atoms with Gasteiger partial charge in [-0.15, -0.1) is 0 Å². The molecule has 2 aliphatic rings. The topological polar surface area (TPSA) is 61.8 Å². The Bertz CT molecular complexity index is 378. The number of carbonyl (C=O) groups excluding carboxylic acids is 2. The minimum Gasteiger partial charge on any atom is -0.430 e. The van der Waals surface area contributed by atoms with Crippen molar-refractivity contribution in [1.82, 2.24) is 0 Å². The molecule has 2 rings (SSSR count). The molecule has 2 aliphatic carbocycles. The summed E-state index contributed by atoms with van der Waals surface area (Å²) in [7, 11) is 0. The van der Waals surface area contributed by atoms with Gasteiger partial charge in [0.25, 0.3) is 6.47 Å². The predicted octanol–water partition coefficient (Wildman–Crippen LogP) is 2.87. The van der Waals surface area contributed by atoms with Crippen molar-refractivity contribution in [1.29, 1.82) is 0 Å². The van der Waals surface area contributed by atoms with Crippen molar-refractivity contribution in [2.75, 3.05) is 0 Å². The molecule has 0 radical (unpaired) electrons. The Morgan fingerprint density at radius 2 is 2.05 bits per heavy atom. The highest BCUT2D eigenvalue weighted by Gasteiger charge is 2.63. The van der Waals surface area contributed by atoms with Crippen LogP contribution in [0.2, 0.25) is 0 Å². The van der Waals surface area contributed by atoms with Gasteiger partial charge in [-0.3, -0.25) is 4.79 Å². The van der Waals surface area contributed by atoms with E-state index in [4.69, 9.17) is 9.47 Å². The van der Waals surface area contributed by atoms with Gasteiger partial charge in [0.1, 0.15) is 6.10 Å². The lowest BCUT2D eigenvalue weighted by Crippen LogP contribution is -2.38. The maximum Gasteiger partial charge on any atom is 0.511 e. The molecule has 19 heavy (non-hydrogen) atoms. The van der Waals surface area contributed by atoms with Gasteiger partial charge >= 0.3 is 6.16 Å². The number of fused-ring (bicyclic) bond motifs is 2. The van der Waals surface area contributed by atoms with Crippen LogP contribution in [0.25, 0.3) is 0 Å². The molecule has 2 saturated carbocycles. The van der Waals surface area contributed by atoms with E-state index < -0.39 is 12.4 Å². The molecule has 5 heteroatoms. The normalized spacial score (nSPS) is 36.6. The first-order chi connectivity index (χ1) is 8.81. The van der Waals surface area contributed by atoms with Crippen LogP contribution in [-0.2, 0) is 19.0 Å². The number of hydrogen-bond acceptors (Lipinski definition) is 5. The Balaban J connectivity index is 1.95. The minimum atomic E-state index is -0.913. The van der Waals surface area contributed by atoms with Gasteiger partial charge in [0, 0.05) is 12.3 Å². The fourth-order valence-electron chi connectivity index (χ4n) is 3.69. The third kappa shape index (κ3) is 2.19. The van der Waals surface area contributed by atoms with E-state index in [1.807, 2.05) is 0 Å². The zero-order valence-corrected chi connectivity index (χ0v) is 12.0. The van der Waals surface area contributed by atoms with Crippen molar-refractivity contribution < 1.29 is 23.8 Å². The van der Waals surface area contributed by atoms with Crippen molar-refractivity contribution in [2.24, 2.45) is 16.7 Å². The summed E-state index contributed by atoms with van der Waals surface area (Å²) in [5.74, 6) is 0.596. The van der Waals surface area contributed by atoms with Crippen LogP contribution in [0.3, 0.4) is 0 Å². The van der Waals surface area contributed by atoms with Gasteiger partial charge in [-0.2, -0.15) is 0 Å². The molecule has 0 aromatic rings. The van der Waals surface area contributed by atoms with Crippen molar-refractivity contribution in [3.8, 4) is 0 Å². The van der Waals surface area contributed by atoms with Gasteiger partial charge in [-0.1, -0.05) is 20.8 Å². The van der Waals surface area contributed by atoms with Crippen LogP contribution in [0.15, 0.2) is 0 Å². The van der Waals surface area contributed by atoms with Crippen LogP contribution >= 0.6 is 0 Å². The summed E-state index contributed by atoms with van der Waals surface area (Å²) < 4.78 is 14.8. The third-order valence-corrected chi connectivity index (χ3v) is 5.46. The highest BCUT2D eigenvalue weighted by molar-refractivity contribution is 5.60. The molecule has 0 heterocycles. The summed E-state index contributed by atoms with van der Waals surface area (Å²) in [5.41, 5.74) is 0.189. The van der Waals surface area contributed by atoms with Gasteiger partial charge in [-0.25, -0.2) is 4.79 Å². The van der Waals surface area contributed by atoms with E-state index in [0.717, 1.165) is 12.8 Å². The van der Waals surface area contributed by atoms with E-state index >= 15 is 0 Å². The van der Waals surface area contributed by atoms with Crippen LogP contribution in [0, 0.1) is 16.7 Å². The summed E-state index contributed by atoms with van der Waals surface area (Å²) in [5, 5.41) is 0. The molecular formula is C14H22O5. The fourth-order valence-corrected chi connectivity index (χ4v) is 3.69. The second-order valence-electron chi connectivity index (χ2n) is 6.38. The number of carbonyl (C=O) groups is 2. The van der Waals surface area contributed by atoms with E-state index in [1.165, 1.54) is 13.3 Å². The zero-order chi connectivity index (χ0) is 14.3. The lowest BCUT2D eigenvalue weighted by Gasteiger charge is -2.38. The molecule has 0 aliphatic heterocycles. The Morgan fingerprint density at radius 3 is 2.53 bits per heavy atom. The van der Waals surface area contributed by atoms with Crippen LogP contribution in [0.5, 0.6) is 0 Å². The summed E-state index contributed by atoms with van der Waals surface area (Å²) in [4.78, 5) is 21.8. The Morgan fingerprint density at radius 1 is 1.37 bits per heavy atom. The first-order valence-electron chi connectivity index (χ1n) is 6.77. The third-order valence-electron chi connectivity index (χ3n) is 5.46. The van der Waals surface area contributed by atoms with Crippen LogP contribution in [-0.4, -0.2) is 25.0 Å². The molecule has 0 amide bonds. The molecule has 108 valence electrons. The highest BCUT2D eigenvalue weighted by atomic mass is 16.8. The van der Waals surface area contributed by atoms with Gasteiger partial charge in [0.05, 0.1) is 0 Å². The van der Waals surface area contributed by atoms with Crippen LogP contribution in [0.1, 0.15) is 47.0 Å². The summed E-state index contributed by atoms with van der Waals surface area (Å²) in [6.07, 6.45) is 1.37. The number of rotatable bonds is 4. The van der Waals surface area contributed by atoms with Gasteiger partial charge in [0.15, 0.2) is 0 Å². The second kappa shape index (κ2) is 4.69. The average Bonchev–Trinajstić information content (AvgIpc) is 2.62. The standard InChI is InChI=1S/C14H22O5/c1-9(17-8-15)18-12(16)19-11-7-10-5-6-14(11,4)13(10,2)3/h8-11H,5-7H2,1-4H3/t9?,10-,11+,14+/m0/s1. The molecule has 0 N–H and O–H groups in total. The first-order valence-corrected chi connectivity index (χ1v) is 6.77. The van der Waals surface area contributed by atoms with Gasteiger partial charge in [-0.05, 0) is 30.6 Å². The van der Waals surface area contributed by atoms with E-state index in [9.17, 15) is 9.59 Å². The summed E-state index contributed by atoms with van der Waals surface area (Å²) >= 11 is 0. The average molecular weight is 270 g/mol. The van der Waals surface area contributed by atoms with E-state index in [2.05, 4.69) is 25.5 Å². The molecule has 1 unspecified atom stereocenters. The van der Waals surface area contributed by atoms with Crippen molar-refractivity contribution in [2.45, 2.75) is 59.4 Å². The molecule has 0 saturated heterocycles. The van der Waals surface area contributed by atoms with Gasteiger partial charge < -0.3 is 14.2 Å². The first kappa shape index (κ1) is 14.2. The van der Waals surface area contributed by atoms with E-state index in [1.54, 1.807) is 0 Å². The van der Waals surface area contributed by atoms with Crippen molar-refractivity contribution >= 4 is 12.6 Å². The molecule has 0 aromatic heterocycles. The largest absolute Gasteiger partial charge is 0.511 e. The molecule has 0 aromatic carbocycles. The lowest BCUT2D eigenvalue weighted by atomic mass is 9.70. The Hall–Kier alpha value is -1.26. The maximum atomic E-state index is 11.7. The van der Waals surface area contributed by atoms with E-state index in [-0.39, 0.29) is 23.4 Å². The molecule has 2 fully saturated rings. The molecular weight excluding hydrogens is 248 g/mol. The molecule has 2 bridgehead atoms. The SMILES string of the molecule is CC(OC=O)OC(=O)O[C@@H]1C[C@@H]2CC[C@@]1(C)C2(C)C. The minimum absolute atomic E-state index is 0.00540. The van der Waals surface area contributed by atoms with E-state index in [0.29, 0.717) is 5.92 Å². The van der Waals surface area contributed by atoms with Crippen molar-refractivity contribution in [3.63, 3.8) is 0 Å². The van der Waals surface area contributed by atoms with Crippen LogP contribution < -0.4 is 0 Å². The van der Waals surface area contributed by atoms with Crippen molar-refractivity contribution in [3.05, 3.63) is 0 Å².